The second-order valence-corrected chi connectivity index (χ2v) is 6.07. The summed E-state index contributed by atoms with van der Waals surface area (Å²) < 4.78 is 14.7. The van der Waals surface area contributed by atoms with E-state index in [2.05, 4.69) is 31.9 Å². The number of rotatable bonds is 4. The molecule has 5 heteroatoms. The topological polar surface area (TPSA) is 37.3 Å². The predicted molar refractivity (Wildman–Crippen MR) is 82.3 cm³/mol. The Morgan fingerprint density at radius 1 is 1.15 bits per heavy atom. The third kappa shape index (κ3) is 3.46. The number of aliphatic carboxylic acids is 1. The van der Waals surface area contributed by atoms with Crippen LogP contribution in [0.2, 0.25) is 0 Å². The predicted octanol–water partition coefficient (Wildman–Crippen LogP) is 4.76. The summed E-state index contributed by atoms with van der Waals surface area (Å²) in [5.74, 6) is -2.02. The summed E-state index contributed by atoms with van der Waals surface area (Å²) in [5.41, 5.74) is 1.33. The van der Waals surface area contributed by atoms with Gasteiger partial charge >= 0.3 is 5.97 Å². The van der Waals surface area contributed by atoms with Gasteiger partial charge in [-0.2, -0.15) is 0 Å². The van der Waals surface area contributed by atoms with Crippen LogP contribution in [0, 0.1) is 5.82 Å². The van der Waals surface area contributed by atoms with Crippen molar-refractivity contribution >= 4 is 37.8 Å². The third-order valence-electron chi connectivity index (χ3n) is 3.03. The molecule has 0 heterocycles. The van der Waals surface area contributed by atoms with E-state index in [1.54, 1.807) is 36.4 Å². The maximum Gasteiger partial charge on any atom is 0.311 e. The highest BCUT2D eigenvalue weighted by atomic mass is 79.9. The van der Waals surface area contributed by atoms with Crippen LogP contribution in [0.5, 0.6) is 0 Å². The van der Waals surface area contributed by atoms with E-state index in [4.69, 9.17) is 0 Å². The zero-order valence-corrected chi connectivity index (χ0v) is 13.5. The quantitative estimate of drug-likeness (QED) is 0.801. The fourth-order valence-corrected chi connectivity index (χ4v) is 2.66. The fraction of sp³-hybridized carbons (Fsp3) is 0.133. The molecular weight excluding hydrogens is 391 g/mol. The first-order valence-corrected chi connectivity index (χ1v) is 7.49. The fourth-order valence-electron chi connectivity index (χ4n) is 1.97. The van der Waals surface area contributed by atoms with Crippen LogP contribution in [-0.4, -0.2) is 11.1 Å². The lowest BCUT2D eigenvalue weighted by molar-refractivity contribution is -0.138. The summed E-state index contributed by atoms with van der Waals surface area (Å²) >= 11 is 6.48. The lowest BCUT2D eigenvalue weighted by Gasteiger charge is -2.14. The molecule has 0 aliphatic heterocycles. The highest BCUT2D eigenvalue weighted by molar-refractivity contribution is 9.10. The van der Waals surface area contributed by atoms with Crippen molar-refractivity contribution < 1.29 is 14.3 Å². The Kier molecular flexibility index (Phi) is 4.94. The lowest BCUT2D eigenvalue weighted by atomic mass is 9.92. The first-order chi connectivity index (χ1) is 9.49. The molecule has 2 aromatic carbocycles. The molecule has 1 N–H and O–H groups in total. The molecule has 2 rings (SSSR count). The molecule has 1 unspecified atom stereocenters. The molecule has 0 aliphatic carbocycles. The SMILES string of the molecule is O=C(O)C(Cc1cccc(F)c1Br)c1ccc(Br)cc1. The molecule has 2 nitrogen and oxygen atoms in total. The molecule has 2 aromatic rings. The summed E-state index contributed by atoms with van der Waals surface area (Å²) in [6.45, 7) is 0. The van der Waals surface area contributed by atoms with Gasteiger partial charge in [0.1, 0.15) is 5.82 Å². The van der Waals surface area contributed by atoms with E-state index in [1.165, 1.54) is 6.07 Å². The Balaban J connectivity index is 2.33. The van der Waals surface area contributed by atoms with E-state index in [9.17, 15) is 14.3 Å². The van der Waals surface area contributed by atoms with Crippen molar-refractivity contribution in [2.75, 3.05) is 0 Å². The Hall–Kier alpha value is -1.20. The largest absolute Gasteiger partial charge is 0.481 e. The normalized spacial score (nSPS) is 12.2. The summed E-state index contributed by atoms with van der Waals surface area (Å²) in [6, 6.07) is 11.8. The van der Waals surface area contributed by atoms with Crippen molar-refractivity contribution in [3.63, 3.8) is 0 Å². The van der Waals surface area contributed by atoms with Gasteiger partial charge in [-0.05, 0) is 51.7 Å². The molecule has 0 bridgehead atoms. The van der Waals surface area contributed by atoms with Gasteiger partial charge in [-0.15, -0.1) is 0 Å². The van der Waals surface area contributed by atoms with Gasteiger partial charge in [-0.3, -0.25) is 4.79 Å². The van der Waals surface area contributed by atoms with E-state index in [1.807, 2.05) is 0 Å². The molecule has 1 atom stereocenters. The minimum Gasteiger partial charge on any atom is -0.481 e. The number of carboxylic acids is 1. The molecule has 0 fully saturated rings. The minimum absolute atomic E-state index is 0.231. The van der Waals surface area contributed by atoms with E-state index in [0.717, 1.165) is 4.47 Å². The number of carboxylic acid groups (broad SMARTS) is 1. The molecule has 20 heavy (non-hydrogen) atoms. The molecule has 0 amide bonds. The lowest BCUT2D eigenvalue weighted by Crippen LogP contribution is -2.14. The van der Waals surface area contributed by atoms with Crippen molar-refractivity contribution in [3.8, 4) is 0 Å². The van der Waals surface area contributed by atoms with Crippen molar-refractivity contribution in [1.29, 1.82) is 0 Å². The van der Waals surface area contributed by atoms with Crippen LogP contribution in [0.15, 0.2) is 51.4 Å². The van der Waals surface area contributed by atoms with Crippen molar-refractivity contribution in [2.45, 2.75) is 12.3 Å². The van der Waals surface area contributed by atoms with Crippen LogP contribution < -0.4 is 0 Å². The highest BCUT2D eigenvalue weighted by Crippen LogP contribution is 2.28. The average molecular weight is 402 g/mol. The van der Waals surface area contributed by atoms with Crippen molar-refractivity contribution in [2.24, 2.45) is 0 Å². The molecule has 0 radical (unpaired) electrons. The zero-order chi connectivity index (χ0) is 14.7. The van der Waals surface area contributed by atoms with Gasteiger partial charge in [0.15, 0.2) is 0 Å². The molecule has 104 valence electrons. The number of hydrogen-bond acceptors (Lipinski definition) is 1. The Labute approximate surface area is 132 Å². The third-order valence-corrected chi connectivity index (χ3v) is 4.44. The van der Waals surface area contributed by atoms with Crippen molar-refractivity contribution in [1.82, 2.24) is 0 Å². The van der Waals surface area contributed by atoms with Crippen LogP contribution in [0.1, 0.15) is 17.0 Å². The summed E-state index contributed by atoms with van der Waals surface area (Å²) in [5, 5.41) is 9.40. The number of halogens is 3. The molecule has 0 saturated heterocycles. The van der Waals surface area contributed by atoms with Gasteiger partial charge in [0.25, 0.3) is 0 Å². The van der Waals surface area contributed by atoms with Gasteiger partial charge in [-0.1, -0.05) is 40.2 Å². The first kappa shape index (κ1) is 15.2. The second kappa shape index (κ2) is 6.50. The Bertz CT molecular complexity index is 626. The van der Waals surface area contributed by atoms with E-state index >= 15 is 0 Å². The van der Waals surface area contributed by atoms with Crippen LogP contribution in [0.4, 0.5) is 4.39 Å². The van der Waals surface area contributed by atoms with Crippen LogP contribution in [-0.2, 0) is 11.2 Å². The molecule has 0 aliphatic rings. The number of hydrogen-bond donors (Lipinski definition) is 1. The van der Waals surface area contributed by atoms with Gasteiger partial charge in [-0.25, -0.2) is 4.39 Å². The smallest absolute Gasteiger partial charge is 0.311 e. The van der Waals surface area contributed by atoms with Crippen LogP contribution in [0.25, 0.3) is 0 Å². The maximum absolute atomic E-state index is 13.5. The van der Waals surface area contributed by atoms with Gasteiger partial charge in [0.05, 0.1) is 10.4 Å². The average Bonchev–Trinajstić information content (AvgIpc) is 2.41. The van der Waals surface area contributed by atoms with E-state index < -0.39 is 11.9 Å². The monoisotopic (exact) mass is 400 g/mol. The van der Waals surface area contributed by atoms with E-state index in [-0.39, 0.29) is 12.2 Å². The minimum atomic E-state index is -0.927. The Morgan fingerprint density at radius 2 is 1.80 bits per heavy atom. The van der Waals surface area contributed by atoms with Gasteiger partial charge in [0.2, 0.25) is 0 Å². The molecular formula is C15H11Br2FO2. The summed E-state index contributed by atoms with van der Waals surface area (Å²) in [4.78, 5) is 11.5. The van der Waals surface area contributed by atoms with Crippen LogP contribution in [0.3, 0.4) is 0 Å². The summed E-state index contributed by atoms with van der Waals surface area (Å²) in [7, 11) is 0. The van der Waals surface area contributed by atoms with Crippen molar-refractivity contribution in [3.05, 3.63) is 68.4 Å². The Morgan fingerprint density at radius 3 is 2.40 bits per heavy atom. The second-order valence-electron chi connectivity index (χ2n) is 4.36. The standard InChI is InChI=1S/C15H11Br2FO2/c16-11-6-4-9(5-7-11)12(15(19)20)8-10-2-1-3-13(18)14(10)17/h1-7,12H,8H2,(H,19,20). The highest BCUT2D eigenvalue weighted by Gasteiger charge is 2.22. The van der Waals surface area contributed by atoms with Gasteiger partial charge in [0, 0.05) is 4.47 Å². The molecule has 0 spiro atoms. The zero-order valence-electron chi connectivity index (χ0n) is 10.3. The van der Waals surface area contributed by atoms with Gasteiger partial charge < -0.3 is 5.11 Å². The van der Waals surface area contributed by atoms with E-state index in [0.29, 0.717) is 15.6 Å². The number of benzene rings is 2. The molecule has 0 aromatic heterocycles. The molecule has 0 saturated carbocycles. The maximum atomic E-state index is 13.5. The first-order valence-electron chi connectivity index (χ1n) is 5.90. The number of carbonyl (C=O) groups is 1. The van der Waals surface area contributed by atoms with Crippen LogP contribution >= 0.6 is 31.9 Å². The summed E-state index contributed by atoms with van der Waals surface area (Å²) in [6.07, 6.45) is 0.231.